The van der Waals surface area contributed by atoms with Crippen molar-refractivity contribution < 1.29 is 9.90 Å². The van der Waals surface area contributed by atoms with Crippen molar-refractivity contribution >= 4 is 5.97 Å². The van der Waals surface area contributed by atoms with Crippen LogP contribution in [0, 0.1) is 0 Å². The van der Waals surface area contributed by atoms with Crippen LogP contribution in [-0.4, -0.2) is 27.2 Å². The van der Waals surface area contributed by atoms with E-state index in [9.17, 15) is 4.79 Å². The highest BCUT2D eigenvalue weighted by Gasteiger charge is 2.24. The highest BCUT2D eigenvalue weighted by atomic mass is 16.4. The summed E-state index contributed by atoms with van der Waals surface area (Å²) in [5.74, 6) is 0.134. The highest BCUT2D eigenvalue weighted by Crippen LogP contribution is 2.26. The van der Waals surface area contributed by atoms with Gasteiger partial charge in [-0.05, 0) is 12.8 Å². The molecule has 14 heavy (non-hydrogen) atoms. The van der Waals surface area contributed by atoms with E-state index < -0.39 is 5.97 Å². The van der Waals surface area contributed by atoms with Crippen LogP contribution < -0.4 is 5.73 Å². The van der Waals surface area contributed by atoms with E-state index in [1.165, 1.54) is 6.20 Å². The standard InChI is InChI=1S/C9H13N3O2/c10-4-6-2-1-3-12-7(9(13)14)5-11-8(6)12/h5-6H,1-4,10H2,(H,13,14). The molecule has 1 aliphatic heterocycles. The van der Waals surface area contributed by atoms with Gasteiger partial charge in [0.2, 0.25) is 0 Å². The van der Waals surface area contributed by atoms with Crippen LogP contribution in [0.3, 0.4) is 0 Å². The fourth-order valence-electron chi connectivity index (χ4n) is 1.97. The smallest absolute Gasteiger partial charge is 0.354 e. The van der Waals surface area contributed by atoms with E-state index >= 15 is 0 Å². The van der Waals surface area contributed by atoms with E-state index in [-0.39, 0.29) is 11.6 Å². The summed E-state index contributed by atoms with van der Waals surface area (Å²) in [6.45, 7) is 1.28. The Balaban J connectivity index is 2.42. The quantitative estimate of drug-likeness (QED) is 0.716. The first-order valence-electron chi connectivity index (χ1n) is 4.73. The van der Waals surface area contributed by atoms with Gasteiger partial charge in [-0.2, -0.15) is 0 Å². The molecule has 1 atom stereocenters. The molecule has 76 valence electrons. The molecule has 1 unspecified atom stereocenters. The van der Waals surface area contributed by atoms with Gasteiger partial charge < -0.3 is 15.4 Å². The Hall–Kier alpha value is -1.36. The van der Waals surface area contributed by atoms with Gasteiger partial charge in [0.1, 0.15) is 11.5 Å². The Labute approximate surface area is 81.5 Å². The first-order chi connectivity index (χ1) is 6.74. The van der Waals surface area contributed by atoms with Gasteiger partial charge in [0, 0.05) is 19.0 Å². The lowest BCUT2D eigenvalue weighted by Gasteiger charge is -2.22. The van der Waals surface area contributed by atoms with E-state index in [2.05, 4.69) is 4.98 Å². The number of fused-ring (bicyclic) bond motifs is 1. The second kappa shape index (κ2) is 3.42. The van der Waals surface area contributed by atoms with Crippen molar-refractivity contribution in [3.05, 3.63) is 17.7 Å². The van der Waals surface area contributed by atoms with Gasteiger partial charge in [0.05, 0.1) is 6.20 Å². The van der Waals surface area contributed by atoms with Crippen molar-refractivity contribution in [1.82, 2.24) is 9.55 Å². The summed E-state index contributed by atoms with van der Waals surface area (Å²) >= 11 is 0. The lowest BCUT2D eigenvalue weighted by Crippen LogP contribution is -2.24. The minimum absolute atomic E-state index is 0.219. The number of aromatic carboxylic acids is 1. The summed E-state index contributed by atoms with van der Waals surface area (Å²) < 4.78 is 1.77. The van der Waals surface area contributed by atoms with Crippen molar-refractivity contribution in [2.24, 2.45) is 5.73 Å². The van der Waals surface area contributed by atoms with Gasteiger partial charge in [0.25, 0.3) is 0 Å². The fraction of sp³-hybridized carbons (Fsp3) is 0.556. The fourth-order valence-corrected chi connectivity index (χ4v) is 1.97. The molecule has 2 heterocycles. The van der Waals surface area contributed by atoms with E-state index in [4.69, 9.17) is 10.8 Å². The van der Waals surface area contributed by atoms with Crippen LogP contribution >= 0.6 is 0 Å². The Morgan fingerprint density at radius 1 is 1.79 bits per heavy atom. The Morgan fingerprint density at radius 2 is 2.57 bits per heavy atom. The molecule has 0 radical (unpaired) electrons. The number of nitrogens with two attached hydrogens (primary N) is 1. The number of nitrogens with zero attached hydrogens (tertiary/aromatic N) is 2. The van der Waals surface area contributed by atoms with E-state index in [0.717, 1.165) is 25.2 Å². The van der Waals surface area contributed by atoms with E-state index in [1.54, 1.807) is 4.57 Å². The maximum atomic E-state index is 10.8. The Kier molecular flexibility index (Phi) is 2.25. The molecule has 2 rings (SSSR count). The average Bonchev–Trinajstić information content (AvgIpc) is 2.60. The lowest BCUT2D eigenvalue weighted by molar-refractivity contribution is 0.0683. The summed E-state index contributed by atoms with van der Waals surface area (Å²) in [6, 6.07) is 0. The molecule has 0 bridgehead atoms. The topological polar surface area (TPSA) is 81.1 Å². The van der Waals surface area contributed by atoms with Crippen molar-refractivity contribution in [3.63, 3.8) is 0 Å². The molecular formula is C9H13N3O2. The zero-order valence-electron chi connectivity index (χ0n) is 7.81. The van der Waals surface area contributed by atoms with Crippen LogP contribution in [0.4, 0.5) is 0 Å². The predicted octanol–water partition coefficient (Wildman–Crippen LogP) is 0.417. The van der Waals surface area contributed by atoms with Gasteiger partial charge in [-0.25, -0.2) is 9.78 Å². The van der Waals surface area contributed by atoms with Crippen LogP contribution in [0.25, 0.3) is 0 Å². The van der Waals surface area contributed by atoms with E-state index in [1.807, 2.05) is 0 Å². The van der Waals surface area contributed by atoms with Gasteiger partial charge in [0.15, 0.2) is 0 Å². The van der Waals surface area contributed by atoms with Gasteiger partial charge in [-0.15, -0.1) is 0 Å². The second-order valence-corrected chi connectivity index (χ2v) is 3.53. The molecule has 0 amide bonds. The SMILES string of the molecule is NCC1CCCn2c(C(=O)O)cnc21. The summed E-state index contributed by atoms with van der Waals surface area (Å²) in [4.78, 5) is 15.0. The van der Waals surface area contributed by atoms with Crippen molar-refractivity contribution in [2.45, 2.75) is 25.3 Å². The highest BCUT2D eigenvalue weighted by molar-refractivity contribution is 5.85. The first-order valence-corrected chi connectivity index (χ1v) is 4.73. The van der Waals surface area contributed by atoms with Crippen LogP contribution in [0.5, 0.6) is 0 Å². The van der Waals surface area contributed by atoms with Crippen molar-refractivity contribution in [3.8, 4) is 0 Å². The molecule has 3 N–H and O–H groups in total. The minimum atomic E-state index is -0.915. The zero-order valence-corrected chi connectivity index (χ0v) is 7.81. The predicted molar refractivity (Wildman–Crippen MR) is 50.2 cm³/mol. The second-order valence-electron chi connectivity index (χ2n) is 3.53. The summed E-state index contributed by atoms with van der Waals surface area (Å²) in [5, 5.41) is 8.90. The van der Waals surface area contributed by atoms with Crippen LogP contribution in [0.1, 0.15) is 35.1 Å². The van der Waals surface area contributed by atoms with Gasteiger partial charge in [-0.3, -0.25) is 0 Å². The van der Waals surface area contributed by atoms with Crippen LogP contribution in [0.2, 0.25) is 0 Å². The molecule has 1 aliphatic rings. The molecule has 0 saturated carbocycles. The number of rotatable bonds is 2. The van der Waals surface area contributed by atoms with Gasteiger partial charge in [-0.1, -0.05) is 0 Å². The van der Waals surface area contributed by atoms with Crippen LogP contribution in [-0.2, 0) is 6.54 Å². The third-order valence-corrected chi connectivity index (χ3v) is 2.69. The third-order valence-electron chi connectivity index (χ3n) is 2.69. The van der Waals surface area contributed by atoms with E-state index in [0.29, 0.717) is 6.54 Å². The molecule has 0 aliphatic carbocycles. The molecule has 5 nitrogen and oxygen atoms in total. The zero-order chi connectivity index (χ0) is 10.1. The molecular weight excluding hydrogens is 182 g/mol. The molecule has 1 aromatic heterocycles. The minimum Gasteiger partial charge on any atom is -0.477 e. The van der Waals surface area contributed by atoms with Gasteiger partial charge >= 0.3 is 5.97 Å². The number of carbonyl (C=O) groups is 1. The maximum absolute atomic E-state index is 10.8. The summed E-state index contributed by atoms with van der Waals surface area (Å²) in [7, 11) is 0. The summed E-state index contributed by atoms with van der Waals surface area (Å²) in [6.07, 6.45) is 3.41. The third kappa shape index (κ3) is 1.29. The largest absolute Gasteiger partial charge is 0.477 e. The lowest BCUT2D eigenvalue weighted by atomic mass is 9.99. The molecule has 0 fully saturated rings. The number of carboxylic acid groups (broad SMARTS) is 1. The molecule has 1 aromatic rings. The number of carboxylic acids is 1. The average molecular weight is 195 g/mol. The monoisotopic (exact) mass is 195 g/mol. The molecule has 0 saturated heterocycles. The number of hydrogen-bond donors (Lipinski definition) is 2. The molecule has 0 spiro atoms. The maximum Gasteiger partial charge on any atom is 0.354 e. The van der Waals surface area contributed by atoms with Crippen LogP contribution in [0.15, 0.2) is 6.20 Å². The molecule has 5 heteroatoms. The number of imidazole rings is 1. The van der Waals surface area contributed by atoms with Crippen molar-refractivity contribution in [2.75, 3.05) is 6.54 Å². The summed E-state index contributed by atoms with van der Waals surface area (Å²) in [5.41, 5.74) is 5.88. The Bertz CT molecular complexity index is 359. The first kappa shape index (κ1) is 9.21. The molecule has 0 aromatic carbocycles. The number of hydrogen-bond acceptors (Lipinski definition) is 3. The van der Waals surface area contributed by atoms with Crippen molar-refractivity contribution in [1.29, 1.82) is 0 Å². The Morgan fingerprint density at radius 3 is 3.21 bits per heavy atom. The normalized spacial score (nSPS) is 20.5. The number of aromatic nitrogens is 2.